The summed E-state index contributed by atoms with van der Waals surface area (Å²) in [5.41, 5.74) is 0.207. The highest BCUT2D eigenvalue weighted by Crippen LogP contribution is 2.33. The van der Waals surface area contributed by atoms with Gasteiger partial charge < -0.3 is 4.90 Å². The van der Waals surface area contributed by atoms with Crippen molar-refractivity contribution in [2.24, 2.45) is 0 Å². The molecule has 0 unspecified atom stereocenters. The summed E-state index contributed by atoms with van der Waals surface area (Å²) in [5, 5.41) is 11.2. The van der Waals surface area contributed by atoms with Crippen LogP contribution in [-0.2, 0) is 4.79 Å². The van der Waals surface area contributed by atoms with Crippen molar-refractivity contribution >= 4 is 44.6 Å². The lowest BCUT2D eigenvalue weighted by atomic mass is 10.0. The van der Waals surface area contributed by atoms with Gasteiger partial charge in [0.2, 0.25) is 0 Å². The van der Waals surface area contributed by atoms with Crippen molar-refractivity contribution in [3.8, 4) is 0 Å². The zero-order chi connectivity index (χ0) is 14.6. The topological polar surface area (TPSA) is 63.5 Å². The molecule has 0 aliphatic carbocycles. The number of alkyl halides is 1. The molecular formula is C12H12BrClN2O3. The smallest absolute Gasteiger partial charge is 0.295 e. The molecule has 7 heteroatoms. The number of hydrogen-bond donors (Lipinski definition) is 0. The molecular weight excluding hydrogens is 336 g/mol. The fourth-order valence-electron chi connectivity index (χ4n) is 1.54. The molecule has 102 valence electrons. The van der Waals surface area contributed by atoms with Crippen LogP contribution < -0.4 is 0 Å². The van der Waals surface area contributed by atoms with E-state index < -0.39 is 4.92 Å². The fraction of sp³-hybridized carbons (Fsp3) is 0.250. The summed E-state index contributed by atoms with van der Waals surface area (Å²) >= 11 is 8.92. The van der Waals surface area contributed by atoms with E-state index in [1.54, 1.807) is 31.3 Å². The number of para-hydroxylation sites is 1. The van der Waals surface area contributed by atoms with E-state index in [4.69, 9.17) is 11.6 Å². The summed E-state index contributed by atoms with van der Waals surface area (Å²) in [6.07, 6.45) is 1.54. The maximum absolute atomic E-state index is 11.9. The predicted octanol–water partition coefficient (Wildman–Crippen LogP) is 3.11. The number of allylic oxidation sites excluding steroid dienone is 1. The lowest BCUT2D eigenvalue weighted by Crippen LogP contribution is -2.11. The third-order valence-corrected chi connectivity index (χ3v) is 3.08. The van der Waals surface area contributed by atoms with Crippen LogP contribution in [0.3, 0.4) is 0 Å². The van der Waals surface area contributed by atoms with Crippen LogP contribution >= 0.6 is 27.5 Å². The summed E-state index contributed by atoms with van der Waals surface area (Å²) in [7, 11) is 3.47. The number of ketones is 1. The lowest BCUT2D eigenvalue weighted by molar-refractivity contribution is -0.385. The van der Waals surface area contributed by atoms with Gasteiger partial charge in [-0.1, -0.05) is 33.6 Å². The molecule has 0 atom stereocenters. The monoisotopic (exact) mass is 346 g/mol. The largest absolute Gasteiger partial charge is 0.383 e. The Morgan fingerprint density at radius 2 is 2.16 bits per heavy atom. The first-order chi connectivity index (χ1) is 8.88. The molecule has 0 radical (unpaired) electrons. The van der Waals surface area contributed by atoms with Crippen molar-refractivity contribution in [1.82, 2.24) is 4.90 Å². The van der Waals surface area contributed by atoms with Gasteiger partial charge in [0.05, 0.1) is 15.8 Å². The minimum Gasteiger partial charge on any atom is -0.383 e. The van der Waals surface area contributed by atoms with Crippen LogP contribution in [0.4, 0.5) is 5.69 Å². The maximum atomic E-state index is 11.9. The number of nitro groups is 1. The molecule has 0 aliphatic rings. The number of hydrogen-bond acceptors (Lipinski definition) is 4. The van der Waals surface area contributed by atoms with Gasteiger partial charge in [-0.15, -0.1) is 0 Å². The van der Waals surface area contributed by atoms with E-state index in [9.17, 15) is 14.9 Å². The fourth-order valence-corrected chi connectivity index (χ4v) is 2.09. The number of carbonyl (C=O) groups is 1. The summed E-state index contributed by atoms with van der Waals surface area (Å²) in [5.74, 6) is -0.251. The molecule has 0 saturated heterocycles. The van der Waals surface area contributed by atoms with E-state index >= 15 is 0 Å². The van der Waals surface area contributed by atoms with E-state index in [0.29, 0.717) is 0 Å². The summed E-state index contributed by atoms with van der Waals surface area (Å²) in [6.45, 7) is 0. The Balaban J connectivity index is 3.52. The van der Waals surface area contributed by atoms with Gasteiger partial charge in [0.25, 0.3) is 5.69 Å². The van der Waals surface area contributed by atoms with E-state index in [1.807, 2.05) is 0 Å². The highest BCUT2D eigenvalue weighted by molar-refractivity contribution is 9.09. The van der Waals surface area contributed by atoms with Crippen LogP contribution in [0.25, 0.3) is 5.57 Å². The van der Waals surface area contributed by atoms with Crippen LogP contribution in [0.15, 0.2) is 24.4 Å². The Morgan fingerprint density at radius 3 is 2.63 bits per heavy atom. The van der Waals surface area contributed by atoms with Gasteiger partial charge in [0, 0.05) is 25.9 Å². The van der Waals surface area contributed by atoms with Gasteiger partial charge in [-0.05, 0) is 12.1 Å². The van der Waals surface area contributed by atoms with Crippen LogP contribution in [-0.4, -0.2) is 35.0 Å². The van der Waals surface area contributed by atoms with Crippen LogP contribution in [0.2, 0.25) is 5.02 Å². The van der Waals surface area contributed by atoms with Crippen LogP contribution in [0.5, 0.6) is 0 Å². The van der Waals surface area contributed by atoms with Crippen molar-refractivity contribution in [1.29, 1.82) is 0 Å². The minimum atomic E-state index is -0.581. The first-order valence-corrected chi connectivity index (χ1v) is 6.79. The second-order valence-electron chi connectivity index (χ2n) is 3.96. The van der Waals surface area contributed by atoms with Crippen LogP contribution in [0, 0.1) is 10.1 Å². The zero-order valence-corrected chi connectivity index (χ0v) is 12.7. The molecule has 0 spiro atoms. The number of Topliss-reactive ketones (excluding diaryl/α,β-unsaturated/α-hetero) is 1. The molecule has 0 amide bonds. The number of benzene rings is 1. The van der Waals surface area contributed by atoms with Crippen molar-refractivity contribution in [2.75, 3.05) is 19.4 Å². The minimum absolute atomic E-state index is 0.00882. The van der Waals surface area contributed by atoms with Crippen molar-refractivity contribution in [3.05, 3.63) is 45.1 Å². The Bertz CT molecular complexity index is 544. The molecule has 0 aliphatic heterocycles. The lowest BCUT2D eigenvalue weighted by Gasteiger charge is -2.11. The third kappa shape index (κ3) is 3.78. The molecule has 0 saturated carbocycles. The second-order valence-corrected chi connectivity index (χ2v) is 4.92. The van der Waals surface area contributed by atoms with Gasteiger partial charge in [0.15, 0.2) is 5.78 Å². The molecule has 1 aromatic carbocycles. The summed E-state index contributed by atoms with van der Waals surface area (Å²) < 4.78 is 0. The Labute approximate surface area is 124 Å². The number of halogens is 2. The molecule has 0 N–H and O–H groups in total. The molecule has 0 aromatic heterocycles. The molecule has 1 rings (SSSR count). The molecule has 1 aromatic rings. The molecule has 5 nitrogen and oxygen atoms in total. The van der Waals surface area contributed by atoms with Crippen molar-refractivity contribution in [2.45, 2.75) is 0 Å². The van der Waals surface area contributed by atoms with Gasteiger partial charge in [-0.3, -0.25) is 14.9 Å². The highest BCUT2D eigenvalue weighted by Gasteiger charge is 2.24. The van der Waals surface area contributed by atoms with Crippen molar-refractivity contribution in [3.63, 3.8) is 0 Å². The van der Waals surface area contributed by atoms with Gasteiger partial charge in [-0.25, -0.2) is 0 Å². The molecule has 0 bridgehead atoms. The standard InChI is InChI=1S/C12H12BrClN2O3/c1-15(2)7-9(11(17)6-13)8-4-3-5-10(14)12(8)16(18)19/h3-5,7H,6H2,1-2H3/b9-7-. The van der Waals surface area contributed by atoms with Crippen LogP contribution in [0.1, 0.15) is 5.56 Å². The van der Waals surface area contributed by atoms with Crippen molar-refractivity contribution < 1.29 is 9.72 Å². The summed E-state index contributed by atoms with van der Waals surface area (Å²) in [6, 6.07) is 4.52. The SMILES string of the molecule is CN(C)/C=C(\C(=O)CBr)c1cccc(Cl)c1[N+](=O)[O-]. The number of rotatable bonds is 5. The zero-order valence-electron chi connectivity index (χ0n) is 10.4. The molecule has 19 heavy (non-hydrogen) atoms. The van der Waals surface area contributed by atoms with E-state index in [1.165, 1.54) is 12.1 Å². The van der Waals surface area contributed by atoms with Gasteiger partial charge in [0.1, 0.15) is 5.02 Å². The predicted molar refractivity (Wildman–Crippen MR) is 78.6 cm³/mol. The van der Waals surface area contributed by atoms with E-state index in [2.05, 4.69) is 15.9 Å². The first-order valence-electron chi connectivity index (χ1n) is 5.29. The number of nitro benzene ring substituents is 1. The Morgan fingerprint density at radius 1 is 1.53 bits per heavy atom. The highest BCUT2D eigenvalue weighted by atomic mass is 79.9. The average Bonchev–Trinajstić information content (AvgIpc) is 2.34. The number of carbonyl (C=O) groups excluding carboxylic acids is 1. The van der Waals surface area contributed by atoms with E-state index in [-0.39, 0.29) is 33.0 Å². The first kappa shape index (κ1) is 15.7. The molecule has 0 fully saturated rings. The Kier molecular flexibility index (Phi) is 5.50. The normalized spacial score (nSPS) is 11.3. The quantitative estimate of drug-likeness (QED) is 0.355. The van der Waals surface area contributed by atoms with Gasteiger partial charge in [-0.2, -0.15) is 0 Å². The third-order valence-electron chi connectivity index (χ3n) is 2.27. The van der Waals surface area contributed by atoms with E-state index in [0.717, 1.165) is 0 Å². The molecule has 0 heterocycles. The number of nitrogens with zero attached hydrogens (tertiary/aromatic N) is 2. The second kappa shape index (κ2) is 6.68. The summed E-state index contributed by atoms with van der Waals surface area (Å²) in [4.78, 5) is 24.1. The maximum Gasteiger partial charge on any atom is 0.295 e. The average molecular weight is 348 g/mol. The van der Waals surface area contributed by atoms with Gasteiger partial charge >= 0.3 is 0 Å². The Hall–Kier alpha value is -1.40.